The molecule has 1 aromatic carbocycles. The predicted molar refractivity (Wildman–Crippen MR) is 101 cm³/mol. The summed E-state index contributed by atoms with van der Waals surface area (Å²) in [5.74, 6) is -0.715. The molecule has 7 nitrogen and oxygen atoms in total. The maximum Gasteiger partial charge on any atom is 0.336 e. The molecule has 0 unspecified atom stereocenters. The fourth-order valence-corrected chi connectivity index (χ4v) is 3.18. The topological polar surface area (TPSA) is 92.0 Å². The number of fused-ring (bicyclic) bond motifs is 3. The summed E-state index contributed by atoms with van der Waals surface area (Å²) in [6.07, 6.45) is -0.330. The molecule has 148 valence electrons. The van der Waals surface area contributed by atoms with Gasteiger partial charge in [0.1, 0.15) is 16.9 Å². The van der Waals surface area contributed by atoms with Crippen molar-refractivity contribution in [2.45, 2.75) is 52.4 Å². The molecule has 1 aromatic heterocycles. The number of benzene rings is 1. The molecule has 0 bridgehead atoms. The molecule has 1 aliphatic heterocycles. The van der Waals surface area contributed by atoms with E-state index in [4.69, 9.17) is 18.6 Å². The van der Waals surface area contributed by atoms with Crippen molar-refractivity contribution in [1.82, 2.24) is 0 Å². The highest BCUT2D eigenvalue weighted by Crippen LogP contribution is 2.46. The quantitative estimate of drug-likeness (QED) is 0.453. The summed E-state index contributed by atoms with van der Waals surface area (Å²) < 4.78 is 22.7. The minimum Gasteiger partial charge on any atom is -0.483 e. The van der Waals surface area contributed by atoms with Crippen LogP contribution in [-0.2, 0) is 19.1 Å². The SMILES string of the molecule is C/C=C(/C)C(=O)O[C@H]1[C@@H](OC(C)=O)c2c(ccc3ccc(=O)oc23)OC1(C)C. The Morgan fingerprint density at radius 2 is 1.79 bits per heavy atom. The third-order valence-corrected chi connectivity index (χ3v) is 4.69. The van der Waals surface area contributed by atoms with Crippen LogP contribution in [0.15, 0.2) is 45.1 Å². The number of hydrogen-bond acceptors (Lipinski definition) is 7. The van der Waals surface area contributed by atoms with Crippen molar-refractivity contribution in [3.63, 3.8) is 0 Å². The van der Waals surface area contributed by atoms with Gasteiger partial charge < -0.3 is 18.6 Å². The molecule has 2 atom stereocenters. The van der Waals surface area contributed by atoms with Gasteiger partial charge in [0.05, 0.1) is 5.56 Å². The van der Waals surface area contributed by atoms with E-state index in [1.54, 1.807) is 52.0 Å². The van der Waals surface area contributed by atoms with Crippen molar-refractivity contribution in [3.05, 3.63) is 51.9 Å². The van der Waals surface area contributed by atoms with Gasteiger partial charge in [0.25, 0.3) is 0 Å². The van der Waals surface area contributed by atoms with Gasteiger partial charge in [-0.05, 0) is 45.9 Å². The molecule has 0 fully saturated rings. The molecule has 7 heteroatoms. The zero-order valence-electron chi connectivity index (χ0n) is 16.4. The monoisotopic (exact) mass is 386 g/mol. The van der Waals surface area contributed by atoms with Gasteiger partial charge in [-0.1, -0.05) is 6.08 Å². The summed E-state index contributed by atoms with van der Waals surface area (Å²) in [5.41, 5.74) is -0.547. The van der Waals surface area contributed by atoms with Gasteiger partial charge in [0.2, 0.25) is 0 Å². The fourth-order valence-electron chi connectivity index (χ4n) is 3.18. The molecule has 0 radical (unpaired) electrons. The first-order valence-electron chi connectivity index (χ1n) is 8.91. The van der Waals surface area contributed by atoms with Crippen LogP contribution in [0.3, 0.4) is 0 Å². The largest absolute Gasteiger partial charge is 0.483 e. The van der Waals surface area contributed by atoms with Crippen molar-refractivity contribution in [2.75, 3.05) is 0 Å². The maximum atomic E-state index is 12.4. The number of allylic oxidation sites excluding steroid dienone is 1. The van der Waals surface area contributed by atoms with Crippen molar-refractivity contribution in [2.24, 2.45) is 0 Å². The Morgan fingerprint density at radius 3 is 2.43 bits per heavy atom. The van der Waals surface area contributed by atoms with Crippen molar-refractivity contribution < 1.29 is 28.2 Å². The Balaban J connectivity index is 2.22. The third kappa shape index (κ3) is 3.52. The van der Waals surface area contributed by atoms with Crippen molar-refractivity contribution >= 4 is 22.9 Å². The summed E-state index contributed by atoms with van der Waals surface area (Å²) >= 11 is 0. The summed E-state index contributed by atoms with van der Waals surface area (Å²) in [5, 5.41) is 0.633. The highest BCUT2D eigenvalue weighted by atomic mass is 16.6. The van der Waals surface area contributed by atoms with Crippen LogP contribution in [0.5, 0.6) is 5.75 Å². The molecule has 0 spiro atoms. The number of ether oxygens (including phenoxy) is 3. The second-order valence-electron chi connectivity index (χ2n) is 7.18. The molecule has 0 saturated heterocycles. The summed E-state index contributed by atoms with van der Waals surface area (Å²) in [7, 11) is 0. The predicted octanol–water partition coefficient (Wildman–Crippen LogP) is 3.45. The van der Waals surface area contributed by atoms with E-state index in [0.717, 1.165) is 0 Å². The summed E-state index contributed by atoms with van der Waals surface area (Å²) in [6, 6.07) is 6.37. The smallest absolute Gasteiger partial charge is 0.336 e. The lowest BCUT2D eigenvalue weighted by Crippen LogP contribution is -2.52. The number of carbonyl (C=O) groups is 2. The van der Waals surface area contributed by atoms with Crippen LogP contribution in [0.2, 0.25) is 0 Å². The Bertz CT molecular complexity index is 1030. The molecule has 2 aromatic rings. The van der Waals surface area contributed by atoms with E-state index in [1.165, 1.54) is 13.0 Å². The van der Waals surface area contributed by atoms with E-state index in [0.29, 0.717) is 22.3 Å². The molecule has 1 aliphatic rings. The molecule has 28 heavy (non-hydrogen) atoms. The minimum atomic E-state index is -1.00. The van der Waals surface area contributed by atoms with Crippen molar-refractivity contribution in [3.8, 4) is 5.75 Å². The van der Waals surface area contributed by atoms with Crippen LogP contribution in [0, 0.1) is 0 Å². The van der Waals surface area contributed by atoms with Gasteiger partial charge in [-0.25, -0.2) is 9.59 Å². The summed E-state index contributed by atoms with van der Waals surface area (Å²) in [4.78, 5) is 36.1. The molecule has 0 amide bonds. The first-order valence-corrected chi connectivity index (χ1v) is 8.91. The zero-order valence-corrected chi connectivity index (χ0v) is 16.4. The highest BCUT2D eigenvalue weighted by molar-refractivity contribution is 5.88. The Morgan fingerprint density at radius 1 is 1.11 bits per heavy atom. The first kappa shape index (κ1) is 19.7. The zero-order chi connectivity index (χ0) is 20.6. The van der Waals surface area contributed by atoms with E-state index in [-0.39, 0.29) is 5.58 Å². The van der Waals surface area contributed by atoms with Gasteiger partial charge in [-0.2, -0.15) is 0 Å². The summed E-state index contributed by atoms with van der Waals surface area (Å²) in [6.45, 7) is 8.09. The van der Waals surface area contributed by atoms with Crippen LogP contribution in [0.25, 0.3) is 11.0 Å². The molecular formula is C21H22O7. The van der Waals surface area contributed by atoms with Gasteiger partial charge in [0.15, 0.2) is 12.2 Å². The van der Waals surface area contributed by atoms with E-state index < -0.39 is 35.4 Å². The Labute approximate surface area is 161 Å². The minimum absolute atomic E-state index is 0.232. The standard InChI is InChI=1S/C21H22O7/c1-6-11(2)20(24)27-19-18(25-12(3)22)16-14(28-21(19,4)5)9-7-13-8-10-15(23)26-17(13)16/h6-10,18-19H,1-5H3/b11-6-/t18-,19-/m0/s1. The number of esters is 2. The average Bonchev–Trinajstić information content (AvgIpc) is 2.62. The molecule has 0 N–H and O–H groups in total. The highest BCUT2D eigenvalue weighted by Gasteiger charge is 2.50. The van der Waals surface area contributed by atoms with Crippen LogP contribution in [0.4, 0.5) is 0 Å². The lowest BCUT2D eigenvalue weighted by molar-refractivity contribution is -0.186. The second-order valence-corrected chi connectivity index (χ2v) is 7.18. The van der Waals surface area contributed by atoms with Crippen LogP contribution < -0.4 is 10.4 Å². The molecule has 0 aliphatic carbocycles. The first-order chi connectivity index (χ1) is 13.1. The molecule has 0 saturated carbocycles. The number of rotatable bonds is 3. The van der Waals surface area contributed by atoms with E-state index >= 15 is 0 Å². The lowest BCUT2D eigenvalue weighted by Gasteiger charge is -2.43. The Hall–Kier alpha value is -3.09. The lowest BCUT2D eigenvalue weighted by atomic mass is 9.87. The fraction of sp³-hybridized carbons (Fsp3) is 0.381. The van der Waals surface area contributed by atoms with Gasteiger partial charge in [0, 0.05) is 23.9 Å². The number of carbonyl (C=O) groups excluding carboxylic acids is 2. The molecule has 3 rings (SSSR count). The molecular weight excluding hydrogens is 364 g/mol. The van der Waals surface area contributed by atoms with E-state index in [1.807, 2.05) is 0 Å². The van der Waals surface area contributed by atoms with E-state index in [2.05, 4.69) is 0 Å². The molecule has 2 heterocycles. The normalized spacial score (nSPS) is 20.8. The van der Waals surface area contributed by atoms with Crippen LogP contribution in [-0.4, -0.2) is 23.6 Å². The van der Waals surface area contributed by atoms with Gasteiger partial charge >= 0.3 is 17.6 Å². The average molecular weight is 386 g/mol. The number of hydrogen-bond donors (Lipinski definition) is 0. The van der Waals surface area contributed by atoms with Crippen LogP contribution in [0.1, 0.15) is 46.3 Å². The van der Waals surface area contributed by atoms with Crippen LogP contribution >= 0.6 is 0 Å². The van der Waals surface area contributed by atoms with Crippen molar-refractivity contribution in [1.29, 1.82) is 0 Å². The van der Waals surface area contributed by atoms with Gasteiger partial charge in [-0.15, -0.1) is 0 Å². The Kier molecular flexibility index (Phi) is 5.02. The second kappa shape index (κ2) is 7.14. The van der Waals surface area contributed by atoms with Gasteiger partial charge in [-0.3, -0.25) is 4.79 Å². The van der Waals surface area contributed by atoms with E-state index in [9.17, 15) is 14.4 Å². The maximum absolute atomic E-state index is 12.4. The third-order valence-electron chi connectivity index (χ3n) is 4.69.